The van der Waals surface area contributed by atoms with Crippen molar-refractivity contribution in [2.45, 2.75) is 19.3 Å². The zero-order chi connectivity index (χ0) is 17.1. The number of pyridine rings is 1. The number of ether oxygens (including phenoxy) is 1. The summed E-state index contributed by atoms with van der Waals surface area (Å²) in [6, 6.07) is 14.0. The maximum absolute atomic E-state index is 9.06. The fourth-order valence-electron chi connectivity index (χ4n) is 3.28. The van der Waals surface area contributed by atoms with Gasteiger partial charge in [-0.15, -0.1) is 0 Å². The molecule has 0 saturated heterocycles. The van der Waals surface area contributed by atoms with Crippen molar-refractivity contribution in [2.75, 3.05) is 6.61 Å². The van der Waals surface area contributed by atoms with Crippen molar-refractivity contribution >= 4 is 0 Å². The quantitative estimate of drug-likeness (QED) is 0.794. The Labute approximate surface area is 146 Å². The minimum absolute atomic E-state index is 0.466. The number of rotatable bonds is 4. The standard InChI is InChI=1S/C20H18N4O/c21-11-14-1-3-16-4-2-15(10-17(16)9-14)13-25-18-5-6-19(22-12-18)20-7-8-23-24-20/h1,3,5-9,12,15H,2,4,10,13H2,(H,23,24). The Hall–Kier alpha value is -3.13. The number of fused-ring (bicyclic) bond motifs is 1. The van der Waals surface area contributed by atoms with Crippen LogP contribution in [0.25, 0.3) is 11.4 Å². The third kappa shape index (κ3) is 3.38. The molecule has 0 fully saturated rings. The summed E-state index contributed by atoms with van der Waals surface area (Å²) in [7, 11) is 0. The number of nitrogens with one attached hydrogen (secondary N) is 1. The average Bonchev–Trinajstić information content (AvgIpc) is 3.21. The molecule has 0 aliphatic heterocycles. The molecule has 1 aliphatic rings. The summed E-state index contributed by atoms with van der Waals surface area (Å²) in [5, 5.41) is 15.9. The van der Waals surface area contributed by atoms with Crippen LogP contribution in [-0.2, 0) is 12.8 Å². The van der Waals surface area contributed by atoms with Gasteiger partial charge in [0.25, 0.3) is 0 Å². The van der Waals surface area contributed by atoms with Gasteiger partial charge in [0.05, 0.1) is 35.8 Å². The van der Waals surface area contributed by atoms with E-state index in [1.165, 1.54) is 11.1 Å². The van der Waals surface area contributed by atoms with Crippen LogP contribution in [0.4, 0.5) is 0 Å². The fourth-order valence-corrected chi connectivity index (χ4v) is 3.28. The summed E-state index contributed by atoms with van der Waals surface area (Å²) < 4.78 is 5.94. The second kappa shape index (κ2) is 6.78. The molecule has 25 heavy (non-hydrogen) atoms. The molecule has 4 rings (SSSR count). The molecule has 1 atom stereocenters. The first-order chi connectivity index (χ1) is 12.3. The van der Waals surface area contributed by atoms with E-state index in [9.17, 15) is 0 Å². The zero-order valence-electron chi connectivity index (χ0n) is 13.8. The number of hydrogen-bond acceptors (Lipinski definition) is 4. The van der Waals surface area contributed by atoms with E-state index < -0.39 is 0 Å². The Morgan fingerprint density at radius 2 is 2.16 bits per heavy atom. The predicted octanol–water partition coefficient (Wildman–Crippen LogP) is 3.53. The Morgan fingerprint density at radius 3 is 2.92 bits per heavy atom. The first-order valence-electron chi connectivity index (χ1n) is 8.42. The van der Waals surface area contributed by atoms with E-state index in [2.05, 4.69) is 27.3 Å². The molecule has 1 aromatic carbocycles. The van der Waals surface area contributed by atoms with Gasteiger partial charge in [0, 0.05) is 6.20 Å². The van der Waals surface area contributed by atoms with Crippen LogP contribution in [0.3, 0.4) is 0 Å². The minimum Gasteiger partial charge on any atom is -0.492 e. The Bertz CT molecular complexity index is 894. The number of hydrogen-bond donors (Lipinski definition) is 1. The lowest BCUT2D eigenvalue weighted by atomic mass is 9.83. The lowest BCUT2D eigenvalue weighted by Crippen LogP contribution is -2.20. The van der Waals surface area contributed by atoms with Gasteiger partial charge in [0.1, 0.15) is 5.75 Å². The van der Waals surface area contributed by atoms with Crippen LogP contribution in [0.1, 0.15) is 23.1 Å². The number of nitrogens with zero attached hydrogens (tertiary/aromatic N) is 3. The lowest BCUT2D eigenvalue weighted by Gasteiger charge is -2.24. The third-order valence-electron chi connectivity index (χ3n) is 4.66. The van der Waals surface area contributed by atoms with E-state index in [4.69, 9.17) is 10.00 Å². The van der Waals surface area contributed by atoms with E-state index in [1.807, 2.05) is 30.3 Å². The highest BCUT2D eigenvalue weighted by atomic mass is 16.5. The molecule has 5 heteroatoms. The number of aromatic amines is 1. The molecule has 0 amide bonds. The highest BCUT2D eigenvalue weighted by Crippen LogP contribution is 2.27. The molecule has 5 nitrogen and oxygen atoms in total. The first-order valence-corrected chi connectivity index (χ1v) is 8.42. The topological polar surface area (TPSA) is 74.6 Å². The second-order valence-electron chi connectivity index (χ2n) is 6.36. The van der Waals surface area contributed by atoms with Crippen molar-refractivity contribution in [2.24, 2.45) is 5.92 Å². The molecular formula is C20H18N4O. The van der Waals surface area contributed by atoms with Gasteiger partial charge in [0.15, 0.2) is 0 Å². The Balaban J connectivity index is 1.38. The van der Waals surface area contributed by atoms with Crippen molar-refractivity contribution < 1.29 is 4.74 Å². The van der Waals surface area contributed by atoms with Gasteiger partial charge in [-0.3, -0.25) is 10.1 Å². The summed E-state index contributed by atoms with van der Waals surface area (Å²) in [4.78, 5) is 4.41. The van der Waals surface area contributed by atoms with E-state index in [0.29, 0.717) is 12.5 Å². The van der Waals surface area contributed by atoms with E-state index in [0.717, 1.165) is 42.0 Å². The van der Waals surface area contributed by atoms with Gasteiger partial charge in [-0.1, -0.05) is 6.07 Å². The van der Waals surface area contributed by atoms with Crippen LogP contribution in [0.5, 0.6) is 5.75 Å². The molecule has 1 aliphatic carbocycles. The fraction of sp³-hybridized carbons (Fsp3) is 0.250. The second-order valence-corrected chi connectivity index (χ2v) is 6.36. The Morgan fingerprint density at radius 1 is 1.20 bits per heavy atom. The lowest BCUT2D eigenvalue weighted by molar-refractivity contribution is 0.233. The summed E-state index contributed by atoms with van der Waals surface area (Å²) in [6.07, 6.45) is 6.58. The molecule has 2 heterocycles. The van der Waals surface area contributed by atoms with Crippen LogP contribution < -0.4 is 4.74 Å². The highest BCUT2D eigenvalue weighted by molar-refractivity contribution is 5.53. The molecule has 1 N–H and O–H groups in total. The monoisotopic (exact) mass is 330 g/mol. The van der Waals surface area contributed by atoms with E-state index in [-0.39, 0.29) is 0 Å². The largest absolute Gasteiger partial charge is 0.492 e. The highest BCUT2D eigenvalue weighted by Gasteiger charge is 2.19. The van der Waals surface area contributed by atoms with Crippen LogP contribution in [-0.4, -0.2) is 21.8 Å². The van der Waals surface area contributed by atoms with Crippen molar-refractivity contribution in [3.8, 4) is 23.2 Å². The SMILES string of the molecule is N#Cc1ccc2c(c1)CC(COc1ccc(-c3ccn[nH]3)nc1)CC2. The van der Waals surface area contributed by atoms with Crippen molar-refractivity contribution in [1.29, 1.82) is 5.26 Å². The van der Waals surface area contributed by atoms with Gasteiger partial charge in [-0.2, -0.15) is 10.4 Å². The molecule has 2 aromatic heterocycles. The number of benzene rings is 1. The van der Waals surface area contributed by atoms with Crippen LogP contribution in [0, 0.1) is 17.2 Å². The van der Waals surface area contributed by atoms with Gasteiger partial charge >= 0.3 is 0 Å². The van der Waals surface area contributed by atoms with Crippen LogP contribution >= 0.6 is 0 Å². The van der Waals surface area contributed by atoms with E-state index in [1.54, 1.807) is 12.4 Å². The zero-order valence-corrected chi connectivity index (χ0v) is 13.8. The molecular weight excluding hydrogens is 312 g/mol. The van der Waals surface area contributed by atoms with Gasteiger partial charge < -0.3 is 4.74 Å². The minimum atomic E-state index is 0.466. The average molecular weight is 330 g/mol. The maximum Gasteiger partial charge on any atom is 0.137 e. The third-order valence-corrected chi connectivity index (χ3v) is 4.66. The summed E-state index contributed by atoms with van der Waals surface area (Å²) in [5.74, 6) is 1.24. The van der Waals surface area contributed by atoms with Crippen molar-refractivity contribution in [1.82, 2.24) is 15.2 Å². The van der Waals surface area contributed by atoms with Gasteiger partial charge in [-0.05, 0) is 66.6 Å². The number of aryl methyl sites for hydroxylation is 1. The predicted molar refractivity (Wildman–Crippen MR) is 94.0 cm³/mol. The molecule has 0 radical (unpaired) electrons. The first kappa shape index (κ1) is 15.4. The summed E-state index contributed by atoms with van der Waals surface area (Å²) in [5.41, 5.74) is 5.12. The molecule has 3 aromatic rings. The van der Waals surface area contributed by atoms with Gasteiger partial charge in [0.2, 0.25) is 0 Å². The van der Waals surface area contributed by atoms with Crippen LogP contribution in [0.2, 0.25) is 0 Å². The molecule has 0 spiro atoms. The van der Waals surface area contributed by atoms with Crippen LogP contribution in [0.15, 0.2) is 48.8 Å². The normalized spacial score (nSPS) is 16.0. The smallest absolute Gasteiger partial charge is 0.137 e. The molecule has 0 bridgehead atoms. The number of nitriles is 1. The van der Waals surface area contributed by atoms with Gasteiger partial charge in [-0.25, -0.2) is 0 Å². The molecule has 0 saturated carbocycles. The summed E-state index contributed by atoms with van der Waals surface area (Å²) in [6.45, 7) is 0.668. The van der Waals surface area contributed by atoms with E-state index >= 15 is 0 Å². The molecule has 1 unspecified atom stereocenters. The Kier molecular flexibility index (Phi) is 4.17. The summed E-state index contributed by atoms with van der Waals surface area (Å²) >= 11 is 0. The van der Waals surface area contributed by atoms with Crippen molar-refractivity contribution in [3.05, 3.63) is 65.5 Å². The number of H-pyrrole nitrogens is 1. The number of aromatic nitrogens is 3. The maximum atomic E-state index is 9.06. The molecule has 124 valence electrons. The van der Waals surface area contributed by atoms with Crippen molar-refractivity contribution in [3.63, 3.8) is 0 Å².